The fourth-order valence-corrected chi connectivity index (χ4v) is 4.63. The van der Waals surface area contributed by atoms with E-state index >= 15 is 0 Å². The molecule has 1 N–H and O–H groups in total. The molecule has 5 rings (SSSR count). The maximum absolute atomic E-state index is 12.7. The summed E-state index contributed by atoms with van der Waals surface area (Å²) in [5.74, 6) is 0.483. The van der Waals surface area contributed by atoms with Crippen molar-refractivity contribution in [2.24, 2.45) is 5.92 Å². The maximum Gasteiger partial charge on any atom is 0.251 e. The van der Waals surface area contributed by atoms with Crippen LogP contribution in [0.4, 0.5) is 0 Å². The summed E-state index contributed by atoms with van der Waals surface area (Å²) in [7, 11) is 0. The van der Waals surface area contributed by atoms with Crippen molar-refractivity contribution in [3.63, 3.8) is 0 Å². The molecule has 31 heavy (non-hydrogen) atoms. The highest BCUT2D eigenvalue weighted by Crippen LogP contribution is 2.48. The van der Waals surface area contributed by atoms with Crippen molar-refractivity contribution in [2.45, 2.75) is 25.3 Å². The second-order valence-electron chi connectivity index (χ2n) is 7.92. The van der Waals surface area contributed by atoms with Gasteiger partial charge in [-0.2, -0.15) is 4.37 Å². The Morgan fingerprint density at radius 3 is 2.74 bits per heavy atom. The number of ketones is 1. The minimum atomic E-state index is -0.126. The predicted molar refractivity (Wildman–Crippen MR) is 121 cm³/mol. The number of carbonyl (C=O) groups excluding carboxylic acids is 2. The standard InChI is InChI=1S/C25H21N3O2S/c29-23(11-16-4-5-19-14-28-31-24(19)12-16)22-13-21(22)17-6-8-18(9-7-17)25(30)27-15-20-3-1-2-10-26-20/h1-10,12,14,21-22H,11,13,15H2,(H,27,30)/t21-,22+/m1/s1. The van der Waals surface area contributed by atoms with Crippen LogP contribution in [0.5, 0.6) is 0 Å². The molecule has 2 atom stereocenters. The molecule has 1 aliphatic carbocycles. The van der Waals surface area contributed by atoms with Crippen molar-refractivity contribution < 1.29 is 9.59 Å². The van der Waals surface area contributed by atoms with E-state index in [9.17, 15) is 9.59 Å². The van der Waals surface area contributed by atoms with Gasteiger partial charge in [0.2, 0.25) is 0 Å². The minimum absolute atomic E-state index is 0.0704. The number of nitrogens with zero attached hydrogens (tertiary/aromatic N) is 2. The Morgan fingerprint density at radius 2 is 1.94 bits per heavy atom. The van der Waals surface area contributed by atoms with E-state index in [0.717, 1.165) is 33.3 Å². The molecule has 1 saturated carbocycles. The van der Waals surface area contributed by atoms with E-state index < -0.39 is 0 Å². The van der Waals surface area contributed by atoms with Gasteiger partial charge >= 0.3 is 0 Å². The van der Waals surface area contributed by atoms with Gasteiger partial charge in [0, 0.05) is 35.7 Å². The van der Waals surface area contributed by atoms with Crippen molar-refractivity contribution in [1.29, 1.82) is 0 Å². The van der Waals surface area contributed by atoms with Crippen LogP contribution in [0.15, 0.2) is 73.1 Å². The van der Waals surface area contributed by atoms with Gasteiger partial charge in [-0.05, 0) is 65.3 Å². The van der Waals surface area contributed by atoms with Crippen molar-refractivity contribution in [3.05, 3.63) is 95.4 Å². The van der Waals surface area contributed by atoms with Gasteiger partial charge in [-0.3, -0.25) is 14.6 Å². The van der Waals surface area contributed by atoms with Gasteiger partial charge in [-0.15, -0.1) is 0 Å². The molecule has 0 aliphatic heterocycles. The number of aromatic nitrogens is 2. The number of carbonyl (C=O) groups is 2. The number of pyridine rings is 1. The summed E-state index contributed by atoms with van der Waals surface area (Å²) in [5.41, 5.74) is 3.60. The van der Waals surface area contributed by atoms with Crippen LogP contribution in [0.3, 0.4) is 0 Å². The maximum atomic E-state index is 12.7. The summed E-state index contributed by atoms with van der Waals surface area (Å²) in [6.45, 7) is 0.397. The molecule has 2 heterocycles. The van der Waals surface area contributed by atoms with E-state index in [4.69, 9.17) is 0 Å². The van der Waals surface area contributed by atoms with E-state index in [2.05, 4.69) is 20.7 Å². The third kappa shape index (κ3) is 4.39. The second-order valence-corrected chi connectivity index (χ2v) is 8.75. The number of hydrogen-bond acceptors (Lipinski definition) is 5. The zero-order chi connectivity index (χ0) is 21.2. The average Bonchev–Trinajstić information content (AvgIpc) is 3.48. The Bertz CT molecular complexity index is 1230. The number of amides is 1. The van der Waals surface area contributed by atoms with E-state index in [-0.39, 0.29) is 23.5 Å². The number of nitrogens with one attached hydrogen (secondary N) is 1. The normalized spacial score (nSPS) is 17.4. The first-order valence-electron chi connectivity index (χ1n) is 10.3. The average molecular weight is 428 g/mol. The summed E-state index contributed by atoms with van der Waals surface area (Å²) in [4.78, 5) is 29.3. The molecule has 1 aliphatic rings. The van der Waals surface area contributed by atoms with Crippen LogP contribution in [0.2, 0.25) is 0 Å². The third-order valence-electron chi connectivity index (χ3n) is 5.76. The number of Topliss-reactive ketones (excluding diaryl/α,β-unsaturated/α-hetero) is 1. The van der Waals surface area contributed by atoms with E-state index in [1.54, 1.807) is 6.20 Å². The van der Waals surface area contributed by atoms with Crippen LogP contribution in [0.1, 0.15) is 39.5 Å². The van der Waals surface area contributed by atoms with E-state index in [1.165, 1.54) is 11.5 Å². The zero-order valence-corrected chi connectivity index (χ0v) is 17.6. The van der Waals surface area contributed by atoms with Crippen molar-refractivity contribution in [1.82, 2.24) is 14.7 Å². The number of hydrogen-bond donors (Lipinski definition) is 1. The fourth-order valence-electron chi connectivity index (χ4n) is 3.92. The summed E-state index contributed by atoms with van der Waals surface area (Å²) >= 11 is 1.46. The lowest BCUT2D eigenvalue weighted by Crippen LogP contribution is -2.23. The third-order valence-corrected chi connectivity index (χ3v) is 6.52. The predicted octanol–water partition coefficient (Wildman–Crippen LogP) is 4.54. The summed E-state index contributed by atoms with van der Waals surface area (Å²) in [6, 6.07) is 19.3. The van der Waals surface area contributed by atoms with Gasteiger partial charge < -0.3 is 5.32 Å². The Balaban J connectivity index is 1.17. The molecule has 154 valence electrons. The monoisotopic (exact) mass is 427 g/mol. The first-order valence-corrected chi connectivity index (χ1v) is 11.1. The van der Waals surface area contributed by atoms with Gasteiger partial charge in [0.25, 0.3) is 5.91 Å². The molecule has 0 unspecified atom stereocenters. The Kier molecular flexibility index (Phi) is 5.30. The first-order chi connectivity index (χ1) is 15.2. The van der Waals surface area contributed by atoms with Crippen LogP contribution in [0, 0.1) is 5.92 Å². The van der Waals surface area contributed by atoms with E-state index in [1.807, 2.05) is 60.8 Å². The highest BCUT2D eigenvalue weighted by molar-refractivity contribution is 7.13. The van der Waals surface area contributed by atoms with Crippen LogP contribution in [0.25, 0.3) is 10.1 Å². The molecule has 0 spiro atoms. The van der Waals surface area contributed by atoms with Gasteiger partial charge in [0.15, 0.2) is 0 Å². The molecule has 0 saturated heterocycles. The Hall–Kier alpha value is -3.38. The molecule has 0 radical (unpaired) electrons. The molecular weight excluding hydrogens is 406 g/mol. The molecule has 0 bridgehead atoms. The number of benzene rings is 2. The fraction of sp³-hybridized carbons (Fsp3) is 0.200. The highest BCUT2D eigenvalue weighted by atomic mass is 32.1. The molecule has 6 heteroatoms. The molecule has 1 fully saturated rings. The van der Waals surface area contributed by atoms with Gasteiger partial charge in [-0.1, -0.05) is 30.3 Å². The van der Waals surface area contributed by atoms with E-state index in [0.29, 0.717) is 18.5 Å². The molecule has 2 aromatic heterocycles. The first kappa shape index (κ1) is 19.6. The number of fused-ring (bicyclic) bond motifs is 1. The van der Waals surface area contributed by atoms with Crippen molar-refractivity contribution >= 4 is 33.3 Å². The quantitative estimate of drug-likeness (QED) is 0.470. The van der Waals surface area contributed by atoms with Crippen LogP contribution in [-0.2, 0) is 17.8 Å². The van der Waals surface area contributed by atoms with Crippen LogP contribution >= 0.6 is 11.5 Å². The lowest BCUT2D eigenvalue weighted by molar-refractivity contribution is -0.119. The molecule has 5 nitrogen and oxygen atoms in total. The lowest BCUT2D eigenvalue weighted by Gasteiger charge is -2.06. The second kappa shape index (κ2) is 8.40. The topological polar surface area (TPSA) is 72.0 Å². The smallest absolute Gasteiger partial charge is 0.251 e. The Labute approximate surface area is 184 Å². The molecule has 2 aromatic carbocycles. The summed E-state index contributed by atoms with van der Waals surface area (Å²) in [5, 5.41) is 4.01. The van der Waals surface area contributed by atoms with Gasteiger partial charge in [0.05, 0.1) is 16.9 Å². The lowest BCUT2D eigenvalue weighted by atomic mass is 10.0. The van der Waals surface area contributed by atoms with Gasteiger partial charge in [-0.25, -0.2) is 0 Å². The van der Waals surface area contributed by atoms with Crippen LogP contribution in [-0.4, -0.2) is 21.0 Å². The SMILES string of the molecule is O=C(NCc1ccccn1)c1ccc([C@H]2C[C@@H]2C(=O)Cc2ccc3cnsc3c2)cc1. The van der Waals surface area contributed by atoms with Gasteiger partial charge in [0.1, 0.15) is 5.78 Å². The van der Waals surface area contributed by atoms with Crippen LogP contribution < -0.4 is 5.32 Å². The van der Waals surface area contributed by atoms with Crippen molar-refractivity contribution in [3.8, 4) is 0 Å². The number of rotatable bonds is 7. The summed E-state index contributed by atoms with van der Waals surface area (Å²) in [6.07, 6.45) is 4.90. The van der Waals surface area contributed by atoms with Crippen molar-refractivity contribution in [2.75, 3.05) is 0 Å². The largest absolute Gasteiger partial charge is 0.346 e. The Morgan fingerprint density at radius 1 is 1.06 bits per heavy atom. The summed E-state index contributed by atoms with van der Waals surface area (Å²) < 4.78 is 5.31. The highest BCUT2D eigenvalue weighted by Gasteiger charge is 2.43. The zero-order valence-electron chi connectivity index (χ0n) is 16.8. The molecule has 4 aromatic rings. The minimum Gasteiger partial charge on any atom is -0.346 e. The molecular formula is C25H21N3O2S. The molecule has 1 amide bonds.